The fraction of sp³-hybridized carbons (Fsp3) is 0.278. The zero-order valence-electron chi connectivity index (χ0n) is 14.6. The van der Waals surface area contributed by atoms with Crippen molar-refractivity contribution >= 4 is 42.6 Å². The smallest absolute Gasteiger partial charge is 0.267 e. The maximum atomic E-state index is 11.0. The van der Waals surface area contributed by atoms with Crippen LogP contribution in [-0.4, -0.2) is 39.7 Å². The van der Waals surface area contributed by atoms with Crippen LogP contribution in [-0.2, 0) is 11.2 Å². The van der Waals surface area contributed by atoms with Crippen LogP contribution in [0.5, 0.6) is 0 Å². The summed E-state index contributed by atoms with van der Waals surface area (Å²) in [7, 11) is 0. The predicted molar refractivity (Wildman–Crippen MR) is 109 cm³/mol. The monoisotopic (exact) mass is 411 g/mol. The first-order chi connectivity index (χ1) is 12.2. The molecule has 1 fully saturated rings. The van der Waals surface area contributed by atoms with Crippen LogP contribution in [0.25, 0.3) is 6.08 Å². The van der Waals surface area contributed by atoms with Crippen molar-refractivity contribution in [1.82, 2.24) is 20.8 Å². The highest BCUT2D eigenvalue weighted by atomic mass is 35.5. The molecule has 0 aliphatic carbocycles. The van der Waals surface area contributed by atoms with Crippen molar-refractivity contribution in [3.05, 3.63) is 60.1 Å². The molecule has 0 bridgehead atoms. The first kappa shape index (κ1) is 22.9. The summed E-state index contributed by atoms with van der Waals surface area (Å²) in [4.78, 5) is 19.6. The van der Waals surface area contributed by atoms with Crippen molar-refractivity contribution in [3.63, 3.8) is 0 Å². The SMILES string of the molecule is Cl.Cl.O=C(/C=C/c1cnc(N[C@]2(Cc3ccccc3)CCNC2)cn1)NO. The van der Waals surface area contributed by atoms with Crippen LogP contribution in [0, 0.1) is 0 Å². The van der Waals surface area contributed by atoms with Crippen LogP contribution in [0.15, 0.2) is 48.8 Å². The molecule has 0 saturated carbocycles. The van der Waals surface area contributed by atoms with E-state index >= 15 is 0 Å². The third-order valence-electron chi connectivity index (χ3n) is 4.21. The number of nitrogens with one attached hydrogen (secondary N) is 3. The van der Waals surface area contributed by atoms with Crippen LogP contribution in [0.1, 0.15) is 17.7 Å². The number of rotatable bonds is 6. The molecule has 2 heterocycles. The van der Waals surface area contributed by atoms with Gasteiger partial charge in [-0.25, -0.2) is 10.5 Å². The van der Waals surface area contributed by atoms with Gasteiger partial charge in [0.1, 0.15) is 5.82 Å². The van der Waals surface area contributed by atoms with E-state index in [1.165, 1.54) is 23.2 Å². The van der Waals surface area contributed by atoms with Gasteiger partial charge in [0.15, 0.2) is 0 Å². The molecule has 0 unspecified atom stereocenters. The van der Waals surface area contributed by atoms with E-state index in [-0.39, 0.29) is 30.4 Å². The molecule has 27 heavy (non-hydrogen) atoms. The number of anilines is 1. The molecule has 146 valence electrons. The third kappa shape index (κ3) is 6.48. The minimum Gasteiger partial charge on any atom is -0.362 e. The van der Waals surface area contributed by atoms with Crippen molar-refractivity contribution in [2.45, 2.75) is 18.4 Å². The Hall–Kier alpha value is -2.19. The normalized spacial score (nSPS) is 18.4. The van der Waals surface area contributed by atoms with E-state index in [9.17, 15) is 4.79 Å². The van der Waals surface area contributed by atoms with E-state index in [4.69, 9.17) is 5.21 Å². The lowest BCUT2D eigenvalue weighted by atomic mass is 9.90. The molecule has 1 saturated heterocycles. The maximum absolute atomic E-state index is 11.0. The highest BCUT2D eigenvalue weighted by molar-refractivity contribution is 5.90. The highest BCUT2D eigenvalue weighted by Crippen LogP contribution is 2.25. The minimum atomic E-state index is -0.608. The third-order valence-corrected chi connectivity index (χ3v) is 4.21. The Kier molecular flexibility index (Phi) is 9.17. The van der Waals surface area contributed by atoms with Crippen molar-refractivity contribution < 1.29 is 10.0 Å². The van der Waals surface area contributed by atoms with Crippen LogP contribution in [0.4, 0.5) is 5.82 Å². The molecular formula is C18H23Cl2N5O2. The number of carbonyl (C=O) groups is 1. The average molecular weight is 412 g/mol. The zero-order chi connectivity index (χ0) is 17.5. The quantitative estimate of drug-likeness (QED) is 0.330. The van der Waals surface area contributed by atoms with Gasteiger partial charge in [-0.3, -0.25) is 15.0 Å². The summed E-state index contributed by atoms with van der Waals surface area (Å²) in [6, 6.07) is 10.4. The Bertz CT molecular complexity index is 735. The molecule has 2 aromatic rings. The van der Waals surface area contributed by atoms with Crippen molar-refractivity contribution in [1.29, 1.82) is 0 Å². The molecule has 4 N–H and O–H groups in total. The van der Waals surface area contributed by atoms with Gasteiger partial charge in [0.05, 0.1) is 23.6 Å². The second-order valence-corrected chi connectivity index (χ2v) is 6.13. The number of nitrogens with zero attached hydrogens (tertiary/aromatic N) is 2. The van der Waals surface area contributed by atoms with E-state index in [0.29, 0.717) is 11.5 Å². The van der Waals surface area contributed by atoms with Crippen LogP contribution < -0.4 is 16.1 Å². The van der Waals surface area contributed by atoms with Gasteiger partial charge in [0, 0.05) is 12.6 Å². The topological polar surface area (TPSA) is 99.2 Å². The van der Waals surface area contributed by atoms with Gasteiger partial charge in [-0.1, -0.05) is 30.3 Å². The summed E-state index contributed by atoms with van der Waals surface area (Å²) in [5, 5.41) is 15.4. The summed E-state index contributed by atoms with van der Waals surface area (Å²) in [5.74, 6) is 0.0891. The lowest BCUT2D eigenvalue weighted by Gasteiger charge is -2.30. The second-order valence-electron chi connectivity index (χ2n) is 6.13. The number of hydroxylamine groups is 1. The Balaban J connectivity index is 0.00000182. The number of hydrogen-bond acceptors (Lipinski definition) is 6. The van der Waals surface area contributed by atoms with Crippen molar-refractivity contribution in [3.8, 4) is 0 Å². The van der Waals surface area contributed by atoms with E-state index in [1.807, 2.05) is 6.07 Å². The molecular weight excluding hydrogens is 389 g/mol. The number of halogens is 2. The predicted octanol–water partition coefficient (Wildman–Crippen LogP) is 2.23. The molecule has 1 aromatic carbocycles. The Morgan fingerprint density at radius 1 is 1.22 bits per heavy atom. The van der Waals surface area contributed by atoms with Crippen molar-refractivity contribution in [2.75, 3.05) is 18.4 Å². The minimum absolute atomic E-state index is 0. The highest BCUT2D eigenvalue weighted by Gasteiger charge is 2.34. The molecule has 0 spiro atoms. The zero-order valence-corrected chi connectivity index (χ0v) is 16.2. The molecule has 0 radical (unpaired) electrons. The van der Waals surface area contributed by atoms with Crippen molar-refractivity contribution in [2.24, 2.45) is 0 Å². The molecule has 1 aliphatic heterocycles. The second kappa shape index (κ2) is 10.8. The van der Waals surface area contributed by atoms with Gasteiger partial charge >= 0.3 is 0 Å². The largest absolute Gasteiger partial charge is 0.362 e. The summed E-state index contributed by atoms with van der Waals surface area (Å²) in [6.07, 6.45) is 7.82. The Labute approximate surface area is 170 Å². The summed E-state index contributed by atoms with van der Waals surface area (Å²) < 4.78 is 0. The summed E-state index contributed by atoms with van der Waals surface area (Å²) >= 11 is 0. The number of amides is 1. The van der Waals surface area contributed by atoms with E-state index in [1.54, 1.807) is 12.4 Å². The van der Waals surface area contributed by atoms with Crippen LogP contribution in [0.2, 0.25) is 0 Å². The summed E-state index contributed by atoms with van der Waals surface area (Å²) in [5.41, 5.74) is 3.25. The lowest BCUT2D eigenvalue weighted by Crippen LogP contribution is -2.43. The first-order valence-electron chi connectivity index (χ1n) is 8.16. The standard InChI is InChI=1S/C18H21N5O2.2ClH/c24-17(23-25)7-6-15-11-21-16(12-20-15)22-18(8-9-19-13-18)10-14-4-2-1-3-5-14;;/h1-7,11-12,19,25H,8-10,13H2,(H,21,22)(H,23,24);2*1H/b7-6+;;/t18-;;/m0../s1. The molecule has 1 aliphatic rings. The molecule has 9 heteroatoms. The fourth-order valence-electron chi connectivity index (χ4n) is 2.99. The van der Waals surface area contributed by atoms with E-state index in [0.717, 1.165) is 25.9 Å². The van der Waals surface area contributed by atoms with Gasteiger partial charge in [-0.15, -0.1) is 24.8 Å². The van der Waals surface area contributed by atoms with Gasteiger partial charge in [-0.2, -0.15) is 0 Å². The molecule has 1 atom stereocenters. The Morgan fingerprint density at radius 3 is 2.59 bits per heavy atom. The number of aromatic nitrogens is 2. The van der Waals surface area contributed by atoms with Gasteiger partial charge in [-0.05, 0) is 31.0 Å². The van der Waals surface area contributed by atoms with E-state index in [2.05, 4.69) is 44.9 Å². The number of carbonyl (C=O) groups excluding carboxylic acids is 1. The van der Waals surface area contributed by atoms with Gasteiger partial charge in [0.2, 0.25) is 0 Å². The number of benzene rings is 1. The van der Waals surface area contributed by atoms with Crippen LogP contribution in [0.3, 0.4) is 0 Å². The molecule has 3 rings (SSSR count). The first-order valence-corrected chi connectivity index (χ1v) is 8.16. The molecule has 1 amide bonds. The summed E-state index contributed by atoms with van der Waals surface area (Å²) in [6.45, 7) is 1.83. The lowest BCUT2D eigenvalue weighted by molar-refractivity contribution is -0.124. The van der Waals surface area contributed by atoms with E-state index < -0.39 is 5.91 Å². The maximum Gasteiger partial charge on any atom is 0.267 e. The average Bonchev–Trinajstić information content (AvgIpc) is 3.09. The number of hydrogen-bond donors (Lipinski definition) is 4. The fourth-order valence-corrected chi connectivity index (χ4v) is 2.99. The van der Waals surface area contributed by atoms with Gasteiger partial charge in [0.25, 0.3) is 5.91 Å². The van der Waals surface area contributed by atoms with Gasteiger partial charge < -0.3 is 10.6 Å². The molecule has 7 nitrogen and oxygen atoms in total. The molecule has 1 aromatic heterocycles. The van der Waals surface area contributed by atoms with Crippen LogP contribution >= 0.6 is 24.8 Å². The Morgan fingerprint density at radius 2 is 2.00 bits per heavy atom.